The third-order valence-electron chi connectivity index (χ3n) is 0.845. The lowest BCUT2D eigenvalue weighted by molar-refractivity contribution is 0.0695. The molecule has 1 N–H and O–H groups in total. The molecule has 9 heavy (non-hydrogen) atoms. The van der Waals surface area contributed by atoms with Crippen LogP contribution in [-0.2, 0) is 0 Å². The molecule has 48 valence electrons. The first kappa shape index (κ1) is 6.60. The van der Waals surface area contributed by atoms with Gasteiger partial charge >= 0.3 is 5.97 Å². The maximum atomic E-state index is 10.2. The van der Waals surface area contributed by atoms with Crippen LogP contribution in [0.2, 0.25) is 0 Å². The normalized spacial score (nSPS) is 9.44. The number of hydrogen-bond donors (Lipinski definition) is 1. The van der Waals surface area contributed by atoms with Crippen LogP contribution in [0, 0.1) is 3.57 Å². The van der Waals surface area contributed by atoms with E-state index in [0.29, 0.717) is 3.57 Å². The fourth-order valence-corrected chi connectivity index (χ4v) is 0.939. The summed E-state index contributed by atoms with van der Waals surface area (Å²) in [5.74, 6) is -0.951. The van der Waals surface area contributed by atoms with Crippen molar-refractivity contribution in [3.05, 3.63) is 21.7 Å². The third kappa shape index (κ3) is 1.24. The van der Waals surface area contributed by atoms with Crippen molar-refractivity contribution in [3.8, 4) is 0 Å². The van der Waals surface area contributed by atoms with Crippen LogP contribution in [0.5, 0.6) is 0 Å². The number of halogens is 1. The summed E-state index contributed by atoms with van der Waals surface area (Å²) >= 11 is 1.90. The van der Waals surface area contributed by atoms with Gasteiger partial charge in [0, 0.05) is 0 Å². The summed E-state index contributed by atoms with van der Waals surface area (Å²) < 4.78 is 5.24. The van der Waals surface area contributed by atoms with Crippen molar-refractivity contribution >= 4 is 28.6 Å². The van der Waals surface area contributed by atoms with Crippen LogP contribution in [0.4, 0.5) is 0 Å². The SMILES string of the molecule is O=C(O)c1cocc1I. The van der Waals surface area contributed by atoms with Gasteiger partial charge in [0.15, 0.2) is 0 Å². The van der Waals surface area contributed by atoms with Gasteiger partial charge in [0.25, 0.3) is 0 Å². The fourth-order valence-electron chi connectivity index (χ4n) is 0.434. The molecule has 0 aliphatic rings. The predicted molar refractivity (Wildman–Crippen MR) is 38.4 cm³/mol. The highest BCUT2D eigenvalue weighted by Crippen LogP contribution is 2.11. The van der Waals surface area contributed by atoms with Crippen molar-refractivity contribution in [2.24, 2.45) is 0 Å². The van der Waals surface area contributed by atoms with E-state index in [1.807, 2.05) is 22.6 Å². The van der Waals surface area contributed by atoms with Crippen LogP contribution in [0.1, 0.15) is 10.4 Å². The van der Waals surface area contributed by atoms with Gasteiger partial charge in [-0.15, -0.1) is 0 Å². The molecule has 1 aromatic heterocycles. The minimum atomic E-state index is -0.951. The molecule has 3 nitrogen and oxygen atoms in total. The number of carboxylic acid groups (broad SMARTS) is 1. The average molecular weight is 238 g/mol. The number of hydrogen-bond acceptors (Lipinski definition) is 2. The molecule has 1 aromatic rings. The Balaban J connectivity index is 3.08. The molecule has 0 aliphatic carbocycles. The summed E-state index contributed by atoms with van der Waals surface area (Å²) in [7, 11) is 0. The molecule has 0 fully saturated rings. The Bertz CT molecular complexity index is 228. The molecule has 4 heteroatoms. The Labute approximate surface area is 64.8 Å². The highest BCUT2D eigenvalue weighted by molar-refractivity contribution is 14.1. The van der Waals surface area contributed by atoms with Crippen molar-refractivity contribution in [1.29, 1.82) is 0 Å². The Morgan fingerprint density at radius 3 is 2.56 bits per heavy atom. The minimum Gasteiger partial charge on any atom is -0.478 e. The number of furan rings is 1. The van der Waals surface area contributed by atoms with Crippen molar-refractivity contribution in [2.45, 2.75) is 0 Å². The lowest BCUT2D eigenvalue weighted by Gasteiger charge is -1.82. The summed E-state index contributed by atoms with van der Waals surface area (Å²) in [5, 5.41) is 8.39. The van der Waals surface area contributed by atoms with E-state index >= 15 is 0 Å². The molecule has 0 saturated carbocycles. The third-order valence-corrected chi connectivity index (χ3v) is 1.68. The standard InChI is InChI=1S/C5H3IO3/c6-4-2-9-1-3(4)5(7)8/h1-2H,(H,7,8). The molecule has 0 radical (unpaired) electrons. The molecule has 0 atom stereocenters. The van der Waals surface area contributed by atoms with E-state index in [1.165, 1.54) is 12.5 Å². The van der Waals surface area contributed by atoms with Crippen molar-refractivity contribution in [2.75, 3.05) is 0 Å². The van der Waals surface area contributed by atoms with Crippen molar-refractivity contribution < 1.29 is 14.3 Å². The van der Waals surface area contributed by atoms with Gasteiger partial charge in [-0.05, 0) is 22.6 Å². The zero-order valence-corrected chi connectivity index (χ0v) is 6.45. The molecule has 0 unspecified atom stereocenters. The molecule has 0 spiro atoms. The second kappa shape index (κ2) is 2.38. The summed E-state index contributed by atoms with van der Waals surface area (Å²) in [6, 6.07) is 0. The van der Waals surface area contributed by atoms with E-state index in [0.717, 1.165) is 0 Å². The van der Waals surface area contributed by atoms with Gasteiger partial charge in [0.1, 0.15) is 18.1 Å². The Morgan fingerprint density at radius 2 is 2.33 bits per heavy atom. The van der Waals surface area contributed by atoms with Gasteiger partial charge in [0.05, 0.1) is 3.57 Å². The number of rotatable bonds is 1. The fraction of sp³-hybridized carbons (Fsp3) is 0. The molecule has 0 bridgehead atoms. The smallest absolute Gasteiger partial charge is 0.340 e. The monoisotopic (exact) mass is 238 g/mol. The second-order valence-corrected chi connectivity index (χ2v) is 2.60. The van der Waals surface area contributed by atoms with Gasteiger partial charge in [0.2, 0.25) is 0 Å². The molecule has 1 heterocycles. The number of carbonyl (C=O) groups is 1. The molecule has 1 rings (SSSR count). The molecule has 0 amide bonds. The second-order valence-electron chi connectivity index (χ2n) is 1.44. The molecular weight excluding hydrogens is 235 g/mol. The first-order chi connectivity index (χ1) is 4.22. The molecular formula is C5H3IO3. The topological polar surface area (TPSA) is 50.4 Å². The number of carboxylic acids is 1. The largest absolute Gasteiger partial charge is 0.478 e. The predicted octanol–water partition coefficient (Wildman–Crippen LogP) is 1.58. The van der Waals surface area contributed by atoms with E-state index < -0.39 is 5.97 Å². The summed E-state index contributed by atoms with van der Waals surface area (Å²) in [4.78, 5) is 10.2. The first-order valence-corrected chi connectivity index (χ1v) is 3.24. The summed E-state index contributed by atoms with van der Waals surface area (Å²) in [5.41, 5.74) is 0.218. The van der Waals surface area contributed by atoms with E-state index in [2.05, 4.69) is 4.42 Å². The molecule has 0 saturated heterocycles. The van der Waals surface area contributed by atoms with Crippen LogP contribution >= 0.6 is 22.6 Å². The zero-order valence-electron chi connectivity index (χ0n) is 4.30. The summed E-state index contributed by atoms with van der Waals surface area (Å²) in [6.07, 6.45) is 2.61. The molecule has 0 aliphatic heterocycles. The van der Waals surface area contributed by atoms with E-state index in [9.17, 15) is 4.79 Å². The lowest BCUT2D eigenvalue weighted by Crippen LogP contribution is -1.94. The van der Waals surface area contributed by atoms with Gasteiger partial charge in [-0.2, -0.15) is 0 Å². The highest BCUT2D eigenvalue weighted by atomic mass is 127. The quantitative estimate of drug-likeness (QED) is 0.755. The van der Waals surface area contributed by atoms with E-state index in [1.54, 1.807) is 0 Å². The van der Waals surface area contributed by atoms with Gasteiger partial charge in [-0.1, -0.05) is 0 Å². The Morgan fingerprint density at radius 1 is 1.67 bits per heavy atom. The summed E-state index contributed by atoms with van der Waals surface area (Å²) in [6.45, 7) is 0. The highest BCUT2D eigenvalue weighted by Gasteiger charge is 2.08. The van der Waals surface area contributed by atoms with Crippen molar-refractivity contribution in [1.82, 2.24) is 0 Å². The zero-order chi connectivity index (χ0) is 6.85. The number of aromatic carboxylic acids is 1. The Hall–Kier alpha value is -0.520. The van der Waals surface area contributed by atoms with E-state index in [4.69, 9.17) is 5.11 Å². The maximum Gasteiger partial charge on any atom is 0.340 e. The first-order valence-electron chi connectivity index (χ1n) is 2.17. The molecule has 0 aromatic carbocycles. The van der Waals surface area contributed by atoms with Crippen molar-refractivity contribution in [3.63, 3.8) is 0 Å². The van der Waals surface area contributed by atoms with Gasteiger partial charge in [-0.25, -0.2) is 4.79 Å². The van der Waals surface area contributed by atoms with Crippen LogP contribution in [0.25, 0.3) is 0 Å². The van der Waals surface area contributed by atoms with Gasteiger partial charge < -0.3 is 9.52 Å². The van der Waals surface area contributed by atoms with Crippen LogP contribution < -0.4 is 0 Å². The van der Waals surface area contributed by atoms with Crippen LogP contribution in [0.15, 0.2) is 16.9 Å². The maximum absolute atomic E-state index is 10.2. The van der Waals surface area contributed by atoms with Crippen LogP contribution in [0.3, 0.4) is 0 Å². The Kier molecular flexibility index (Phi) is 1.75. The average Bonchev–Trinajstić information content (AvgIpc) is 2.13. The lowest BCUT2D eigenvalue weighted by atomic mass is 10.4. The minimum absolute atomic E-state index is 0.218. The van der Waals surface area contributed by atoms with E-state index in [-0.39, 0.29) is 5.56 Å². The van der Waals surface area contributed by atoms with Crippen LogP contribution in [-0.4, -0.2) is 11.1 Å². The van der Waals surface area contributed by atoms with Gasteiger partial charge in [-0.3, -0.25) is 0 Å².